The van der Waals surface area contributed by atoms with E-state index in [1.54, 1.807) is 6.20 Å². The maximum absolute atomic E-state index is 14.1. The van der Waals surface area contributed by atoms with Crippen LogP contribution >= 0.6 is 0 Å². The van der Waals surface area contributed by atoms with Crippen molar-refractivity contribution in [3.63, 3.8) is 0 Å². The van der Waals surface area contributed by atoms with E-state index in [0.717, 1.165) is 30.7 Å². The summed E-state index contributed by atoms with van der Waals surface area (Å²) in [5.74, 6) is -1.58. The second-order valence-electron chi connectivity index (χ2n) is 10.9. The van der Waals surface area contributed by atoms with Gasteiger partial charge < -0.3 is 4.52 Å². The highest BCUT2D eigenvalue weighted by atomic mass is 19.1. The van der Waals surface area contributed by atoms with Crippen molar-refractivity contribution in [2.45, 2.75) is 57.4 Å². The summed E-state index contributed by atoms with van der Waals surface area (Å²) in [6.45, 7) is 5.40. The van der Waals surface area contributed by atoms with Crippen LogP contribution in [-0.4, -0.2) is 45.7 Å². The zero-order valence-electron chi connectivity index (χ0n) is 20.5. The van der Waals surface area contributed by atoms with E-state index >= 15 is 0 Å². The fraction of sp³-hybridized carbons (Fsp3) is 0.429. The molecule has 3 aromatic rings. The molecule has 3 heterocycles. The topological polar surface area (TPSA) is 76.3 Å². The van der Waals surface area contributed by atoms with E-state index in [2.05, 4.69) is 15.0 Å². The zero-order chi connectivity index (χ0) is 25.5. The molecular formula is C28H29F2N3O3. The van der Waals surface area contributed by atoms with Crippen LogP contribution in [0.25, 0.3) is 11.3 Å². The predicted molar refractivity (Wildman–Crippen MR) is 129 cm³/mol. The Balaban J connectivity index is 1.29. The van der Waals surface area contributed by atoms with Crippen molar-refractivity contribution in [3.05, 3.63) is 71.7 Å². The summed E-state index contributed by atoms with van der Waals surface area (Å²) in [7, 11) is 0. The summed E-state index contributed by atoms with van der Waals surface area (Å²) >= 11 is 0. The van der Waals surface area contributed by atoms with Crippen LogP contribution in [0, 0.1) is 17.0 Å². The van der Waals surface area contributed by atoms with Crippen LogP contribution < -0.4 is 0 Å². The molecule has 1 saturated carbocycles. The minimum absolute atomic E-state index is 0.0353. The van der Waals surface area contributed by atoms with Crippen LogP contribution in [0.1, 0.15) is 62.1 Å². The lowest BCUT2D eigenvalue weighted by molar-refractivity contribution is -0.126. The number of hydrogen-bond acceptors (Lipinski definition) is 6. The van der Waals surface area contributed by atoms with E-state index in [1.807, 2.05) is 32.0 Å². The standard InChI is InChI=1S/C28H29F2N3O3/c1-27(2,26-5-3-4-10-31-26)13-20(34)14-28(16-33(17-28)19-7-8-19)15-24(35)23-12-25(36-32-23)21-9-6-18(29)11-22(21)30/h3-6,9-12,19H,7-8,13-17H2,1-2H3. The number of benzene rings is 1. The molecule has 0 atom stereocenters. The highest BCUT2D eigenvalue weighted by Gasteiger charge is 2.50. The third kappa shape index (κ3) is 5.14. The number of hydrogen-bond donors (Lipinski definition) is 0. The van der Waals surface area contributed by atoms with E-state index in [1.165, 1.54) is 12.1 Å². The quantitative estimate of drug-likeness (QED) is 0.353. The molecule has 188 valence electrons. The van der Waals surface area contributed by atoms with Crippen molar-refractivity contribution < 1.29 is 22.9 Å². The van der Waals surface area contributed by atoms with E-state index in [-0.39, 0.29) is 35.0 Å². The Bertz CT molecular complexity index is 1280. The molecule has 1 saturated heterocycles. The molecule has 1 aromatic carbocycles. The van der Waals surface area contributed by atoms with E-state index in [0.29, 0.717) is 32.0 Å². The number of nitrogens with zero attached hydrogens (tertiary/aromatic N) is 3. The van der Waals surface area contributed by atoms with Gasteiger partial charge in [0.2, 0.25) is 0 Å². The minimum atomic E-state index is -0.790. The third-order valence-electron chi connectivity index (χ3n) is 7.24. The van der Waals surface area contributed by atoms with Gasteiger partial charge in [0, 0.05) is 73.2 Å². The summed E-state index contributed by atoms with van der Waals surface area (Å²) in [5, 5.41) is 3.85. The van der Waals surface area contributed by atoms with Crippen LogP contribution in [0.2, 0.25) is 0 Å². The van der Waals surface area contributed by atoms with Gasteiger partial charge in [-0.15, -0.1) is 0 Å². The summed E-state index contributed by atoms with van der Waals surface area (Å²) < 4.78 is 32.6. The van der Waals surface area contributed by atoms with Gasteiger partial charge in [0.25, 0.3) is 0 Å². The van der Waals surface area contributed by atoms with Crippen LogP contribution in [0.5, 0.6) is 0 Å². The average molecular weight is 494 g/mol. The molecule has 5 rings (SSSR count). The first-order valence-corrected chi connectivity index (χ1v) is 12.3. The molecule has 2 fully saturated rings. The number of carbonyl (C=O) groups excluding carboxylic acids is 2. The second-order valence-corrected chi connectivity index (χ2v) is 10.9. The van der Waals surface area contributed by atoms with Gasteiger partial charge >= 0.3 is 0 Å². The average Bonchev–Trinajstić information content (AvgIpc) is 3.53. The first-order chi connectivity index (χ1) is 17.1. The van der Waals surface area contributed by atoms with Gasteiger partial charge in [0.15, 0.2) is 11.5 Å². The molecule has 0 N–H and O–H groups in total. The third-order valence-corrected chi connectivity index (χ3v) is 7.24. The molecule has 1 aliphatic heterocycles. The molecule has 0 amide bonds. The molecule has 0 unspecified atom stereocenters. The van der Waals surface area contributed by atoms with Crippen molar-refractivity contribution in [1.29, 1.82) is 0 Å². The van der Waals surface area contributed by atoms with Gasteiger partial charge in [-0.05, 0) is 37.1 Å². The number of Topliss-reactive ketones (excluding diaryl/α,β-unsaturated/α-hetero) is 2. The summed E-state index contributed by atoms with van der Waals surface area (Å²) in [4.78, 5) is 33.2. The number of ketones is 2. The fourth-order valence-corrected chi connectivity index (χ4v) is 5.28. The van der Waals surface area contributed by atoms with Gasteiger partial charge in [0.05, 0.1) is 5.56 Å². The van der Waals surface area contributed by atoms with Gasteiger partial charge in [-0.1, -0.05) is 25.1 Å². The smallest absolute Gasteiger partial charge is 0.185 e. The normalized spacial score (nSPS) is 17.6. The summed E-state index contributed by atoms with van der Waals surface area (Å²) in [6.07, 6.45) is 4.83. The number of aromatic nitrogens is 2. The Kier molecular flexibility index (Phi) is 6.32. The monoisotopic (exact) mass is 493 g/mol. The summed E-state index contributed by atoms with van der Waals surface area (Å²) in [5.41, 5.74) is 0.105. The number of halogens is 2. The Morgan fingerprint density at radius 3 is 2.56 bits per heavy atom. The molecule has 0 radical (unpaired) electrons. The van der Waals surface area contributed by atoms with Gasteiger partial charge in [-0.2, -0.15) is 0 Å². The highest BCUT2D eigenvalue weighted by molar-refractivity contribution is 5.96. The van der Waals surface area contributed by atoms with Crippen LogP contribution in [0.3, 0.4) is 0 Å². The first-order valence-electron chi connectivity index (χ1n) is 12.3. The summed E-state index contributed by atoms with van der Waals surface area (Å²) in [6, 6.07) is 10.8. The Morgan fingerprint density at radius 1 is 1.11 bits per heavy atom. The predicted octanol–water partition coefficient (Wildman–Crippen LogP) is 5.38. The lowest BCUT2D eigenvalue weighted by Crippen LogP contribution is -2.58. The van der Waals surface area contributed by atoms with Crippen molar-refractivity contribution in [2.24, 2.45) is 5.41 Å². The van der Waals surface area contributed by atoms with E-state index in [9.17, 15) is 18.4 Å². The van der Waals surface area contributed by atoms with Gasteiger partial charge in [-0.3, -0.25) is 19.5 Å². The highest BCUT2D eigenvalue weighted by Crippen LogP contribution is 2.45. The SMILES string of the molecule is CC(C)(CC(=O)CC1(CC(=O)c2cc(-c3ccc(F)cc3F)on2)CN(C2CC2)C1)c1ccccn1. The zero-order valence-corrected chi connectivity index (χ0v) is 20.5. The molecule has 1 aliphatic carbocycles. The molecule has 2 aliphatic rings. The van der Waals surface area contributed by atoms with Crippen LogP contribution in [0.15, 0.2) is 53.2 Å². The fourth-order valence-electron chi connectivity index (χ4n) is 5.28. The van der Waals surface area contributed by atoms with Crippen LogP contribution in [0.4, 0.5) is 8.78 Å². The number of pyridine rings is 1. The lowest BCUT2D eigenvalue weighted by Gasteiger charge is -2.50. The van der Waals surface area contributed by atoms with Crippen LogP contribution in [-0.2, 0) is 10.2 Å². The van der Waals surface area contributed by atoms with E-state index < -0.39 is 22.5 Å². The molecule has 0 spiro atoms. The number of likely N-dealkylation sites (tertiary alicyclic amines) is 1. The maximum atomic E-state index is 14.1. The molecule has 36 heavy (non-hydrogen) atoms. The largest absolute Gasteiger partial charge is 0.355 e. The van der Waals surface area contributed by atoms with Crippen molar-refractivity contribution in [1.82, 2.24) is 15.0 Å². The second kappa shape index (κ2) is 9.32. The Hall–Kier alpha value is -3.26. The van der Waals surface area contributed by atoms with Gasteiger partial charge in [-0.25, -0.2) is 8.78 Å². The first kappa shape index (κ1) is 24.4. The molecule has 6 nitrogen and oxygen atoms in total. The minimum Gasteiger partial charge on any atom is -0.355 e. The number of rotatable bonds is 10. The number of carbonyl (C=O) groups is 2. The molecule has 2 aromatic heterocycles. The Morgan fingerprint density at radius 2 is 1.89 bits per heavy atom. The van der Waals surface area contributed by atoms with Crippen molar-refractivity contribution in [2.75, 3.05) is 13.1 Å². The van der Waals surface area contributed by atoms with Crippen molar-refractivity contribution in [3.8, 4) is 11.3 Å². The molecular weight excluding hydrogens is 464 g/mol. The molecule has 0 bridgehead atoms. The lowest BCUT2D eigenvalue weighted by atomic mass is 9.69. The van der Waals surface area contributed by atoms with Crippen molar-refractivity contribution >= 4 is 11.6 Å². The van der Waals surface area contributed by atoms with E-state index in [4.69, 9.17) is 4.52 Å². The van der Waals surface area contributed by atoms with Gasteiger partial charge in [0.1, 0.15) is 23.1 Å². The maximum Gasteiger partial charge on any atom is 0.185 e. The molecule has 8 heteroatoms. The Labute approximate surface area is 208 Å².